The van der Waals surface area contributed by atoms with Gasteiger partial charge in [0.05, 0.1) is 23.9 Å². The van der Waals surface area contributed by atoms with Gasteiger partial charge in [-0.25, -0.2) is 0 Å². The van der Waals surface area contributed by atoms with Crippen molar-refractivity contribution in [2.75, 3.05) is 31.0 Å². The Morgan fingerprint density at radius 1 is 1.40 bits per heavy atom. The third-order valence-corrected chi connectivity index (χ3v) is 4.89. The summed E-state index contributed by atoms with van der Waals surface area (Å²) < 4.78 is 33.3. The molecule has 0 radical (unpaired) electrons. The molecule has 0 amide bonds. The first-order chi connectivity index (χ1) is 9.40. The lowest BCUT2D eigenvalue weighted by Crippen LogP contribution is -2.43. The molecule has 0 spiro atoms. The summed E-state index contributed by atoms with van der Waals surface area (Å²) in [5.41, 5.74) is 6.32. The molecule has 1 aromatic rings. The fraction of sp³-hybridized carbons (Fsp3) is 0.364. The second-order valence-corrected chi connectivity index (χ2v) is 6.70. The van der Waals surface area contributed by atoms with Crippen LogP contribution in [0.25, 0.3) is 0 Å². The minimum absolute atomic E-state index is 0.175. The van der Waals surface area contributed by atoms with E-state index >= 15 is 0 Å². The highest BCUT2D eigenvalue weighted by molar-refractivity contribution is 7.90. The van der Waals surface area contributed by atoms with Crippen molar-refractivity contribution in [1.29, 1.82) is 0 Å². The van der Waals surface area contributed by atoms with Crippen molar-refractivity contribution < 1.29 is 13.2 Å². The van der Waals surface area contributed by atoms with Crippen molar-refractivity contribution in [2.24, 2.45) is 5.73 Å². The Balaban J connectivity index is 2.24. The van der Waals surface area contributed by atoms with E-state index in [-0.39, 0.29) is 15.7 Å². The molecule has 0 atom stereocenters. The van der Waals surface area contributed by atoms with Crippen molar-refractivity contribution in [2.45, 2.75) is 0 Å². The molecule has 110 valence electrons. The van der Waals surface area contributed by atoms with Crippen LogP contribution >= 0.6 is 23.8 Å². The summed E-state index contributed by atoms with van der Waals surface area (Å²) >= 11 is 10.9. The first-order valence-corrected chi connectivity index (χ1v) is 8.08. The minimum atomic E-state index is -3.67. The topological polar surface area (TPSA) is 84.7 Å². The lowest BCUT2D eigenvalue weighted by Gasteiger charge is -2.26. The van der Waals surface area contributed by atoms with Gasteiger partial charge in [0, 0.05) is 18.7 Å². The van der Waals surface area contributed by atoms with Crippen LogP contribution in [0.1, 0.15) is 5.56 Å². The smallest absolute Gasteiger partial charge is 0.301 e. The maximum atomic E-state index is 12.2. The summed E-state index contributed by atoms with van der Waals surface area (Å²) in [5.74, 6) is 0. The minimum Gasteiger partial charge on any atom is -0.389 e. The van der Waals surface area contributed by atoms with E-state index in [1.165, 1.54) is 10.4 Å². The Morgan fingerprint density at radius 2 is 2.05 bits per heavy atom. The predicted molar refractivity (Wildman–Crippen MR) is 82.3 cm³/mol. The van der Waals surface area contributed by atoms with Gasteiger partial charge in [0.1, 0.15) is 4.99 Å². The van der Waals surface area contributed by atoms with Crippen LogP contribution in [0.15, 0.2) is 18.2 Å². The molecule has 2 rings (SSSR count). The summed E-state index contributed by atoms with van der Waals surface area (Å²) in [5, 5.41) is 0.279. The predicted octanol–water partition coefficient (Wildman–Crippen LogP) is 0.963. The van der Waals surface area contributed by atoms with Crippen molar-refractivity contribution in [3.05, 3.63) is 28.8 Å². The lowest BCUT2D eigenvalue weighted by molar-refractivity contribution is 0.0733. The molecule has 3 N–H and O–H groups in total. The molecule has 0 unspecified atom stereocenters. The van der Waals surface area contributed by atoms with Gasteiger partial charge in [0.2, 0.25) is 0 Å². The number of halogens is 1. The van der Waals surface area contributed by atoms with Gasteiger partial charge in [-0.1, -0.05) is 29.9 Å². The maximum absolute atomic E-state index is 12.2. The Hall–Kier alpha value is -0.930. The second kappa shape index (κ2) is 6.23. The van der Waals surface area contributed by atoms with Crippen LogP contribution in [0.4, 0.5) is 5.69 Å². The third-order valence-electron chi connectivity index (χ3n) is 2.80. The second-order valence-electron chi connectivity index (χ2n) is 4.18. The molecule has 1 aromatic carbocycles. The van der Waals surface area contributed by atoms with Crippen LogP contribution in [0.5, 0.6) is 0 Å². The number of ether oxygens (including phenoxy) is 1. The molecule has 0 aromatic heterocycles. The Bertz CT molecular complexity index is 615. The number of morpholine rings is 1. The highest BCUT2D eigenvalue weighted by atomic mass is 35.5. The molecule has 1 saturated heterocycles. The largest absolute Gasteiger partial charge is 0.389 e. The molecule has 20 heavy (non-hydrogen) atoms. The van der Waals surface area contributed by atoms with Crippen LogP contribution in [0.3, 0.4) is 0 Å². The fourth-order valence-electron chi connectivity index (χ4n) is 1.75. The van der Waals surface area contributed by atoms with Crippen molar-refractivity contribution >= 4 is 44.7 Å². The number of anilines is 1. The first-order valence-electron chi connectivity index (χ1n) is 5.85. The van der Waals surface area contributed by atoms with E-state index in [1.807, 2.05) is 0 Å². The van der Waals surface area contributed by atoms with E-state index < -0.39 is 10.2 Å². The number of benzene rings is 1. The number of nitrogens with two attached hydrogens (primary N) is 1. The number of rotatable bonds is 4. The monoisotopic (exact) mass is 335 g/mol. The van der Waals surface area contributed by atoms with Gasteiger partial charge in [-0.2, -0.15) is 12.7 Å². The van der Waals surface area contributed by atoms with Crippen molar-refractivity contribution in [3.63, 3.8) is 0 Å². The SMILES string of the molecule is NC(=S)c1ccc(Cl)c(NS(=O)(=O)N2CCOCC2)c1. The summed E-state index contributed by atoms with van der Waals surface area (Å²) in [4.78, 5) is 0.175. The molecule has 1 heterocycles. The number of hydrogen-bond acceptors (Lipinski definition) is 4. The summed E-state index contributed by atoms with van der Waals surface area (Å²) in [6, 6.07) is 4.70. The highest BCUT2D eigenvalue weighted by Gasteiger charge is 2.24. The molecule has 6 nitrogen and oxygen atoms in total. The maximum Gasteiger partial charge on any atom is 0.301 e. The molecule has 0 saturated carbocycles. The van der Waals surface area contributed by atoms with Gasteiger partial charge in [0.15, 0.2) is 0 Å². The van der Waals surface area contributed by atoms with E-state index in [0.29, 0.717) is 31.9 Å². The zero-order chi connectivity index (χ0) is 14.8. The lowest BCUT2D eigenvalue weighted by atomic mass is 10.2. The van der Waals surface area contributed by atoms with E-state index in [4.69, 9.17) is 34.3 Å². The summed E-state index contributed by atoms with van der Waals surface area (Å²) in [6.07, 6.45) is 0. The summed E-state index contributed by atoms with van der Waals surface area (Å²) in [7, 11) is -3.67. The van der Waals surface area contributed by atoms with Gasteiger partial charge in [-0.05, 0) is 12.1 Å². The average molecular weight is 336 g/mol. The zero-order valence-corrected chi connectivity index (χ0v) is 12.9. The standard InChI is InChI=1S/C11H14ClN3O3S2/c12-9-2-1-8(11(13)19)7-10(9)14-20(16,17)15-3-5-18-6-4-15/h1-2,7,14H,3-6H2,(H2,13,19). The average Bonchev–Trinajstić information content (AvgIpc) is 2.42. The quantitative estimate of drug-likeness (QED) is 0.801. The molecule has 1 aliphatic rings. The highest BCUT2D eigenvalue weighted by Crippen LogP contribution is 2.25. The molecule has 9 heteroatoms. The normalized spacial score (nSPS) is 16.9. The van der Waals surface area contributed by atoms with Crippen molar-refractivity contribution in [1.82, 2.24) is 4.31 Å². The number of hydrogen-bond donors (Lipinski definition) is 2. The molecule has 0 bridgehead atoms. The molecule has 1 fully saturated rings. The first kappa shape index (κ1) is 15.5. The summed E-state index contributed by atoms with van der Waals surface area (Å²) in [6.45, 7) is 1.37. The van der Waals surface area contributed by atoms with Gasteiger partial charge in [0.25, 0.3) is 0 Å². The van der Waals surface area contributed by atoms with Crippen LogP contribution < -0.4 is 10.5 Å². The van der Waals surface area contributed by atoms with Gasteiger partial charge in [-0.3, -0.25) is 4.72 Å². The van der Waals surface area contributed by atoms with Crippen LogP contribution in [0, 0.1) is 0 Å². The molecular weight excluding hydrogens is 322 g/mol. The van der Waals surface area contributed by atoms with E-state index in [2.05, 4.69) is 4.72 Å². The fourth-order valence-corrected chi connectivity index (χ4v) is 3.30. The van der Waals surface area contributed by atoms with Crippen LogP contribution in [0.2, 0.25) is 5.02 Å². The molecular formula is C11H14ClN3O3S2. The van der Waals surface area contributed by atoms with E-state index in [0.717, 1.165) is 0 Å². The number of nitrogens with zero attached hydrogens (tertiary/aromatic N) is 1. The van der Waals surface area contributed by atoms with E-state index in [1.54, 1.807) is 12.1 Å². The van der Waals surface area contributed by atoms with Gasteiger partial charge >= 0.3 is 10.2 Å². The van der Waals surface area contributed by atoms with Crippen molar-refractivity contribution in [3.8, 4) is 0 Å². The van der Waals surface area contributed by atoms with E-state index in [9.17, 15) is 8.42 Å². The van der Waals surface area contributed by atoms with Gasteiger partial charge < -0.3 is 10.5 Å². The zero-order valence-electron chi connectivity index (χ0n) is 10.5. The molecule has 0 aliphatic carbocycles. The number of nitrogens with one attached hydrogen (secondary N) is 1. The molecule has 1 aliphatic heterocycles. The Kier molecular flexibility index (Phi) is 4.82. The van der Waals surface area contributed by atoms with Crippen LogP contribution in [-0.4, -0.2) is 44.0 Å². The number of thiocarbonyl (C=S) groups is 1. The Morgan fingerprint density at radius 3 is 2.65 bits per heavy atom. The van der Waals surface area contributed by atoms with Gasteiger partial charge in [-0.15, -0.1) is 0 Å². The van der Waals surface area contributed by atoms with Crippen LogP contribution in [-0.2, 0) is 14.9 Å². The Labute approximate surface area is 128 Å². The third kappa shape index (κ3) is 3.58.